The molecule has 0 spiro atoms. The smallest absolute Gasteiger partial charge is 0.321 e. The number of anilines is 1. The van der Waals surface area contributed by atoms with Gasteiger partial charge in [-0.2, -0.15) is 0 Å². The summed E-state index contributed by atoms with van der Waals surface area (Å²) in [5.74, 6) is 2.10. The number of likely N-dealkylation sites (tertiary alicyclic amines) is 1. The number of ether oxygens (including phenoxy) is 2. The van der Waals surface area contributed by atoms with Gasteiger partial charge in [0.2, 0.25) is 6.79 Å². The fourth-order valence-electron chi connectivity index (χ4n) is 3.47. The number of fused-ring (bicyclic) bond motifs is 1. The molecule has 0 saturated carbocycles. The van der Waals surface area contributed by atoms with E-state index in [4.69, 9.17) is 9.47 Å². The second-order valence-corrected chi connectivity index (χ2v) is 6.66. The van der Waals surface area contributed by atoms with Crippen molar-refractivity contribution in [3.8, 4) is 11.5 Å². The summed E-state index contributed by atoms with van der Waals surface area (Å²) in [5, 5.41) is 13.4. The van der Waals surface area contributed by atoms with Crippen molar-refractivity contribution in [2.45, 2.75) is 18.9 Å². The van der Waals surface area contributed by atoms with Crippen LogP contribution >= 0.6 is 0 Å². The SMILES string of the molecule is Cn1ccnc1[C@@H](O)C1CCN(C(=O)Nc2ccc3c(c2)OCO3)CC1. The molecule has 4 rings (SSSR count). The fourth-order valence-corrected chi connectivity index (χ4v) is 3.47. The third-order valence-corrected chi connectivity index (χ3v) is 5.02. The van der Waals surface area contributed by atoms with Gasteiger partial charge in [0.1, 0.15) is 11.9 Å². The van der Waals surface area contributed by atoms with Crippen LogP contribution in [0.2, 0.25) is 0 Å². The number of carbonyl (C=O) groups excluding carboxylic acids is 1. The largest absolute Gasteiger partial charge is 0.454 e. The Morgan fingerprint density at radius 3 is 2.81 bits per heavy atom. The lowest BCUT2D eigenvalue weighted by Gasteiger charge is -2.34. The Morgan fingerprint density at radius 1 is 1.31 bits per heavy atom. The molecule has 138 valence electrons. The second kappa shape index (κ2) is 6.87. The van der Waals surface area contributed by atoms with Crippen molar-refractivity contribution >= 4 is 11.7 Å². The minimum Gasteiger partial charge on any atom is -0.454 e. The summed E-state index contributed by atoms with van der Waals surface area (Å²) < 4.78 is 12.4. The summed E-state index contributed by atoms with van der Waals surface area (Å²) in [7, 11) is 1.87. The van der Waals surface area contributed by atoms with E-state index >= 15 is 0 Å². The minimum atomic E-state index is -0.603. The zero-order chi connectivity index (χ0) is 18.1. The van der Waals surface area contributed by atoms with Gasteiger partial charge in [-0.3, -0.25) is 0 Å². The van der Waals surface area contributed by atoms with E-state index in [0.29, 0.717) is 36.1 Å². The molecule has 0 radical (unpaired) electrons. The van der Waals surface area contributed by atoms with Gasteiger partial charge < -0.3 is 29.4 Å². The molecule has 0 unspecified atom stereocenters. The quantitative estimate of drug-likeness (QED) is 0.877. The van der Waals surface area contributed by atoms with Gasteiger partial charge in [0.05, 0.1) is 0 Å². The molecule has 2 amide bonds. The van der Waals surface area contributed by atoms with Crippen molar-refractivity contribution in [2.24, 2.45) is 13.0 Å². The van der Waals surface area contributed by atoms with E-state index in [0.717, 1.165) is 12.8 Å². The van der Waals surface area contributed by atoms with Crippen LogP contribution in [-0.2, 0) is 7.05 Å². The first kappa shape index (κ1) is 16.7. The average Bonchev–Trinajstić information content (AvgIpc) is 3.29. The molecule has 2 aliphatic heterocycles. The number of imidazole rings is 1. The molecule has 2 aromatic rings. The van der Waals surface area contributed by atoms with Crippen molar-refractivity contribution in [3.05, 3.63) is 36.4 Å². The lowest BCUT2D eigenvalue weighted by atomic mass is 9.91. The number of aromatic nitrogens is 2. The van der Waals surface area contributed by atoms with Gasteiger partial charge in [0.25, 0.3) is 0 Å². The van der Waals surface area contributed by atoms with Gasteiger partial charge in [-0.05, 0) is 30.9 Å². The van der Waals surface area contributed by atoms with Crippen LogP contribution in [0, 0.1) is 5.92 Å². The predicted octanol–water partition coefficient (Wildman–Crippen LogP) is 2.13. The fraction of sp³-hybridized carbons (Fsp3) is 0.444. The van der Waals surface area contributed by atoms with Crippen LogP contribution in [0.4, 0.5) is 10.5 Å². The molecule has 1 atom stereocenters. The van der Waals surface area contributed by atoms with E-state index in [1.54, 1.807) is 29.3 Å². The summed E-state index contributed by atoms with van der Waals surface area (Å²) in [4.78, 5) is 18.5. The van der Waals surface area contributed by atoms with Crippen LogP contribution in [0.5, 0.6) is 11.5 Å². The van der Waals surface area contributed by atoms with E-state index in [2.05, 4.69) is 10.3 Å². The van der Waals surface area contributed by atoms with Crippen LogP contribution in [0.3, 0.4) is 0 Å². The first-order valence-corrected chi connectivity index (χ1v) is 8.72. The highest BCUT2D eigenvalue weighted by Gasteiger charge is 2.30. The third kappa shape index (κ3) is 3.20. The lowest BCUT2D eigenvalue weighted by molar-refractivity contribution is 0.0600. The Labute approximate surface area is 151 Å². The molecule has 1 fully saturated rings. The summed E-state index contributed by atoms with van der Waals surface area (Å²) >= 11 is 0. The maximum absolute atomic E-state index is 12.5. The molecule has 8 heteroatoms. The number of carbonyl (C=O) groups is 1. The molecule has 1 aromatic carbocycles. The van der Waals surface area contributed by atoms with E-state index in [9.17, 15) is 9.90 Å². The minimum absolute atomic E-state index is 0.102. The molecule has 2 N–H and O–H groups in total. The number of nitrogens with zero attached hydrogens (tertiary/aromatic N) is 3. The Balaban J connectivity index is 1.33. The molecule has 8 nitrogen and oxygen atoms in total. The van der Waals surface area contributed by atoms with Crippen molar-refractivity contribution in [3.63, 3.8) is 0 Å². The number of aryl methyl sites for hydroxylation is 1. The van der Waals surface area contributed by atoms with Crippen LogP contribution in [0.25, 0.3) is 0 Å². The number of benzene rings is 1. The standard InChI is InChI=1S/C18H22N4O4/c1-21-9-6-19-17(21)16(23)12-4-7-22(8-5-12)18(24)20-13-2-3-14-15(10-13)26-11-25-14/h2-3,6,9-10,12,16,23H,4-5,7-8,11H2,1H3,(H,20,24)/t16-/m0/s1. The molecule has 26 heavy (non-hydrogen) atoms. The molecule has 3 heterocycles. The molecule has 1 aromatic heterocycles. The van der Waals surface area contributed by atoms with Crippen LogP contribution in [0.1, 0.15) is 24.8 Å². The highest BCUT2D eigenvalue weighted by atomic mass is 16.7. The Hall–Kier alpha value is -2.74. The number of hydrogen-bond donors (Lipinski definition) is 2. The molecule has 0 aliphatic carbocycles. The topological polar surface area (TPSA) is 88.9 Å². The van der Waals surface area contributed by atoms with Crippen molar-refractivity contribution in [1.29, 1.82) is 0 Å². The molecule has 1 saturated heterocycles. The predicted molar refractivity (Wildman–Crippen MR) is 94.0 cm³/mol. The molecule has 2 aliphatic rings. The van der Waals surface area contributed by atoms with E-state index in [1.807, 2.05) is 17.8 Å². The number of amides is 2. The zero-order valence-corrected chi connectivity index (χ0v) is 14.6. The van der Waals surface area contributed by atoms with Gasteiger partial charge in [-0.1, -0.05) is 0 Å². The van der Waals surface area contributed by atoms with Crippen LogP contribution < -0.4 is 14.8 Å². The number of rotatable bonds is 3. The maximum Gasteiger partial charge on any atom is 0.321 e. The third-order valence-electron chi connectivity index (χ3n) is 5.02. The van der Waals surface area contributed by atoms with Crippen LogP contribution in [0.15, 0.2) is 30.6 Å². The number of nitrogens with one attached hydrogen (secondary N) is 1. The number of aliphatic hydroxyl groups is 1. The lowest BCUT2D eigenvalue weighted by Crippen LogP contribution is -2.42. The first-order valence-electron chi connectivity index (χ1n) is 8.72. The van der Waals surface area contributed by atoms with E-state index in [1.165, 1.54) is 0 Å². The number of hydrogen-bond acceptors (Lipinski definition) is 5. The van der Waals surface area contributed by atoms with E-state index in [-0.39, 0.29) is 18.7 Å². The van der Waals surface area contributed by atoms with Gasteiger partial charge in [0.15, 0.2) is 11.5 Å². The molecule has 0 bridgehead atoms. The monoisotopic (exact) mass is 358 g/mol. The maximum atomic E-state index is 12.5. The number of aliphatic hydroxyl groups excluding tert-OH is 1. The first-order chi connectivity index (χ1) is 12.6. The Bertz CT molecular complexity index is 798. The van der Waals surface area contributed by atoms with Crippen LogP contribution in [-0.4, -0.2) is 45.5 Å². The van der Waals surface area contributed by atoms with Crippen molar-refractivity contribution in [2.75, 3.05) is 25.2 Å². The van der Waals surface area contributed by atoms with Crippen molar-refractivity contribution < 1.29 is 19.4 Å². The van der Waals surface area contributed by atoms with Crippen molar-refractivity contribution in [1.82, 2.24) is 14.5 Å². The van der Waals surface area contributed by atoms with Gasteiger partial charge in [-0.15, -0.1) is 0 Å². The molecular weight excluding hydrogens is 336 g/mol. The Morgan fingerprint density at radius 2 is 2.08 bits per heavy atom. The van der Waals surface area contributed by atoms with Gasteiger partial charge in [-0.25, -0.2) is 9.78 Å². The number of piperidine rings is 1. The summed E-state index contributed by atoms with van der Waals surface area (Å²) in [6.45, 7) is 1.41. The van der Waals surface area contributed by atoms with Gasteiger partial charge >= 0.3 is 6.03 Å². The van der Waals surface area contributed by atoms with Gasteiger partial charge in [0, 0.05) is 44.3 Å². The summed E-state index contributed by atoms with van der Waals surface area (Å²) in [5.41, 5.74) is 0.675. The zero-order valence-electron chi connectivity index (χ0n) is 14.6. The highest BCUT2D eigenvalue weighted by molar-refractivity contribution is 5.89. The Kier molecular flexibility index (Phi) is 4.42. The second-order valence-electron chi connectivity index (χ2n) is 6.66. The summed E-state index contributed by atoms with van der Waals surface area (Å²) in [6.07, 6.45) is 4.39. The number of urea groups is 1. The van der Waals surface area contributed by atoms with E-state index < -0.39 is 6.10 Å². The molecular formula is C18H22N4O4. The highest BCUT2D eigenvalue weighted by Crippen LogP contribution is 2.34. The average molecular weight is 358 g/mol. The summed E-state index contributed by atoms with van der Waals surface area (Å²) in [6, 6.07) is 5.20. The normalized spacial score (nSPS) is 18.0.